The molecule has 0 aromatic heterocycles. The van der Waals surface area contributed by atoms with Gasteiger partial charge in [0.25, 0.3) is 0 Å². The summed E-state index contributed by atoms with van der Waals surface area (Å²) in [7, 11) is -1.80. The first-order valence-electron chi connectivity index (χ1n) is 8.65. The van der Waals surface area contributed by atoms with Gasteiger partial charge in [0, 0.05) is 13.1 Å². The molecule has 7 heteroatoms. The predicted octanol–water partition coefficient (Wildman–Crippen LogP) is 3.13. The largest absolute Gasteiger partial charge is 0.444 e. The smallest absolute Gasteiger partial charge is 0.408 e. The maximum Gasteiger partial charge on any atom is 0.408 e. The first kappa shape index (κ1) is 21.0. The quantitative estimate of drug-likeness (QED) is 0.767. The van der Waals surface area contributed by atoms with Gasteiger partial charge in [-0.05, 0) is 45.3 Å². The van der Waals surface area contributed by atoms with Gasteiger partial charge in [-0.15, -0.1) is 0 Å². The van der Waals surface area contributed by atoms with E-state index < -0.39 is 26.1 Å². The molecule has 140 valence electrons. The number of amides is 2. The molecule has 0 aromatic rings. The van der Waals surface area contributed by atoms with Crippen molar-refractivity contribution in [3.63, 3.8) is 0 Å². The summed E-state index contributed by atoms with van der Waals surface area (Å²) in [5, 5.41) is 2.82. The van der Waals surface area contributed by atoms with E-state index in [0.29, 0.717) is 26.1 Å². The van der Waals surface area contributed by atoms with Gasteiger partial charge in [-0.1, -0.05) is 20.8 Å². The fourth-order valence-corrected chi connectivity index (χ4v) is 3.21. The first-order chi connectivity index (χ1) is 10.7. The molecular formula is C17H34N2O4Si. The highest BCUT2D eigenvalue weighted by atomic mass is 28.4. The molecule has 1 aliphatic heterocycles. The van der Waals surface area contributed by atoms with E-state index in [0.717, 1.165) is 0 Å². The molecule has 0 saturated carbocycles. The molecule has 1 fully saturated rings. The molecule has 0 spiro atoms. The van der Waals surface area contributed by atoms with E-state index in [2.05, 4.69) is 39.2 Å². The third kappa shape index (κ3) is 6.09. The number of nitrogens with zero attached hydrogens (tertiary/aromatic N) is 1. The summed E-state index contributed by atoms with van der Waals surface area (Å²) in [5.74, 6) is -0.0558. The molecule has 6 nitrogen and oxygen atoms in total. The normalized spacial score (nSPS) is 19.6. The second kappa shape index (κ2) is 7.43. The van der Waals surface area contributed by atoms with Gasteiger partial charge in [-0.2, -0.15) is 0 Å². The van der Waals surface area contributed by atoms with Crippen molar-refractivity contribution >= 4 is 20.3 Å². The SMILES string of the molecule is CC(C)(C)OC(=O)NC1CCN(CCO[Si](C)(C)C(C)(C)C)C1=O. The summed E-state index contributed by atoms with van der Waals surface area (Å²) in [5.41, 5.74) is -0.567. The third-order valence-corrected chi connectivity index (χ3v) is 9.16. The summed E-state index contributed by atoms with van der Waals surface area (Å²) < 4.78 is 11.3. The summed E-state index contributed by atoms with van der Waals surface area (Å²) in [6, 6.07) is -0.493. The van der Waals surface area contributed by atoms with Crippen molar-refractivity contribution in [3.05, 3.63) is 0 Å². The Balaban J connectivity index is 2.44. The van der Waals surface area contributed by atoms with Crippen molar-refractivity contribution in [2.75, 3.05) is 19.7 Å². The van der Waals surface area contributed by atoms with Gasteiger partial charge in [0.1, 0.15) is 11.6 Å². The maximum absolute atomic E-state index is 12.4. The summed E-state index contributed by atoms with van der Waals surface area (Å²) in [6.45, 7) is 18.1. The molecule has 24 heavy (non-hydrogen) atoms. The van der Waals surface area contributed by atoms with Gasteiger partial charge >= 0.3 is 6.09 Å². The van der Waals surface area contributed by atoms with Crippen molar-refractivity contribution in [1.29, 1.82) is 0 Å². The Kier molecular flexibility index (Phi) is 6.49. The van der Waals surface area contributed by atoms with Gasteiger partial charge in [0.2, 0.25) is 5.91 Å². The highest BCUT2D eigenvalue weighted by molar-refractivity contribution is 6.74. The fraction of sp³-hybridized carbons (Fsp3) is 0.882. The van der Waals surface area contributed by atoms with E-state index in [4.69, 9.17) is 9.16 Å². The van der Waals surface area contributed by atoms with Gasteiger partial charge < -0.3 is 19.4 Å². The fourth-order valence-electron chi connectivity index (χ4n) is 2.17. The lowest BCUT2D eigenvalue weighted by Crippen LogP contribution is -2.45. The summed E-state index contributed by atoms with van der Waals surface area (Å²) in [4.78, 5) is 25.9. The minimum Gasteiger partial charge on any atom is -0.444 e. The van der Waals surface area contributed by atoms with Crippen LogP contribution >= 0.6 is 0 Å². The van der Waals surface area contributed by atoms with Crippen LogP contribution in [0, 0.1) is 0 Å². The minimum atomic E-state index is -1.80. The van der Waals surface area contributed by atoms with E-state index in [1.54, 1.807) is 25.7 Å². The molecule has 0 aliphatic carbocycles. The van der Waals surface area contributed by atoms with Crippen molar-refractivity contribution in [1.82, 2.24) is 10.2 Å². The monoisotopic (exact) mass is 358 g/mol. The van der Waals surface area contributed by atoms with Crippen LogP contribution in [0.25, 0.3) is 0 Å². The highest BCUT2D eigenvalue weighted by Gasteiger charge is 2.38. The van der Waals surface area contributed by atoms with Crippen LogP contribution in [0.15, 0.2) is 0 Å². The molecule has 1 aliphatic rings. The van der Waals surface area contributed by atoms with Crippen molar-refractivity contribution in [2.45, 2.75) is 77.7 Å². The Hall–Kier alpha value is -1.08. The summed E-state index contributed by atoms with van der Waals surface area (Å²) >= 11 is 0. The molecular weight excluding hydrogens is 324 g/mol. The second-order valence-electron chi connectivity index (χ2n) is 8.92. The number of carbonyl (C=O) groups excluding carboxylic acids is 2. The van der Waals surface area contributed by atoms with Crippen LogP contribution < -0.4 is 5.32 Å². The van der Waals surface area contributed by atoms with Crippen molar-refractivity contribution in [3.8, 4) is 0 Å². The van der Waals surface area contributed by atoms with Crippen LogP contribution in [-0.4, -0.2) is 56.6 Å². The molecule has 1 atom stereocenters. The lowest BCUT2D eigenvalue weighted by molar-refractivity contribution is -0.129. The van der Waals surface area contributed by atoms with Crippen LogP contribution in [0.1, 0.15) is 48.0 Å². The zero-order valence-electron chi connectivity index (χ0n) is 16.5. The topological polar surface area (TPSA) is 67.9 Å². The molecule has 1 rings (SSSR count). The second-order valence-corrected chi connectivity index (χ2v) is 13.7. The van der Waals surface area contributed by atoms with Gasteiger partial charge in [-0.25, -0.2) is 4.79 Å². The Morgan fingerprint density at radius 2 is 1.83 bits per heavy atom. The standard InChI is InChI=1S/C17H34N2O4Si/c1-16(2,3)23-15(21)18-13-9-10-19(14(13)20)11-12-22-24(7,8)17(4,5)6/h13H,9-12H2,1-8H3,(H,18,21). The van der Waals surface area contributed by atoms with Crippen LogP contribution in [-0.2, 0) is 14.0 Å². The van der Waals surface area contributed by atoms with E-state index in [9.17, 15) is 9.59 Å². The number of hydrogen-bond donors (Lipinski definition) is 1. The molecule has 1 heterocycles. The summed E-state index contributed by atoms with van der Waals surface area (Å²) in [6.07, 6.45) is 0.0678. The number of hydrogen-bond acceptors (Lipinski definition) is 4. The number of likely N-dealkylation sites (tertiary alicyclic amines) is 1. The molecule has 0 bridgehead atoms. The zero-order chi connectivity index (χ0) is 18.8. The van der Waals surface area contributed by atoms with Crippen LogP contribution in [0.4, 0.5) is 4.79 Å². The lowest BCUT2D eigenvalue weighted by atomic mass is 10.2. The first-order valence-corrected chi connectivity index (χ1v) is 11.6. The number of rotatable bonds is 5. The van der Waals surface area contributed by atoms with Gasteiger partial charge in [-0.3, -0.25) is 4.79 Å². The zero-order valence-corrected chi connectivity index (χ0v) is 17.5. The molecule has 1 N–H and O–H groups in total. The van der Waals surface area contributed by atoms with E-state index in [-0.39, 0.29) is 10.9 Å². The number of alkyl carbamates (subject to hydrolysis) is 1. The number of nitrogens with one attached hydrogen (secondary N) is 1. The van der Waals surface area contributed by atoms with E-state index in [1.165, 1.54) is 0 Å². The van der Waals surface area contributed by atoms with Crippen LogP contribution in [0.5, 0.6) is 0 Å². The Morgan fingerprint density at radius 1 is 1.25 bits per heavy atom. The van der Waals surface area contributed by atoms with Crippen LogP contribution in [0.3, 0.4) is 0 Å². The Bertz CT molecular complexity index is 466. The van der Waals surface area contributed by atoms with Gasteiger partial charge in [0.15, 0.2) is 8.32 Å². The van der Waals surface area contributed by atoms with Crippen molar-refractivity contribution in [2.24, 2.45) is 0 Å². The third-order valence-electron chi connectivity index (χ3n) is 4.62. The van der Waals surface area contributed by atoms with Crippen LogP contribution in [0.2, 0.25) is 18.1 Å². The van der Waals surface area contributed by atoms with E-state index >= 15 is 0 Å². The Labute approximate surface area is 147 Å². The Morgan fingerprint density at radius 3 is 2.33 bits per heavy atom. The number of carbonyl (C=O) groups is 2. The molecule has 2 amide bonds. The maximum atomic E-state index is 12.4. The van der Waals surface area contributed by atoms with E-state index in [1.807, 2.05) is 0 Å². The average molecular weight is 359 g/mol. The average Bonchev–Trinajstić information content (AvgIpc) is 2.67. The molecule has 0 aromatic carbocycles. The highest BCUT2D eigenvalue weighted by Crippen LogP contribution is 2.36. The molecule has 1 saturated heterocycles. The molecule has 1 unspecified atom stereocenters. The molecule has 0 radical (unpaired) electrons. The van der Waals surface area contributed by atoms with Gasteiger partial charge in [0.05, 0.1) is 6.61 Å². The minimum absolute atomic E-state index is 0.0558. The number of ether oxygens (including phenoxy) is 1. The predicted molar refractivity (Wildman–Crippen MR) is 97.5 cm³/mol. The lowest BCUT2D eigenvalue weighted by Gasteiger charge is -2.36. The van der Waals surface area contributed by atoms with Crippen molar-refractivity contribution < 1.29 is 18.8 Å².